The molecule has 0 radical (unpaired) electrons. The number of azo groups is 1. The summed E-state index contributed by atoms with van der Waals surface area (Å²) in [6.45, 7) is 5.77. The molecule has 1 heterocycles. The van der Waals surface area contributed by atoms with E-state index in [4.69, 9.17) is 4.42 Å². The summed E-state index contributed by atoms with van der Waals surface area (Å²) in [6, 6.07) is 14.3. The zero-order valence-electron chi connectivity index (χ0n) is 14.1. The highest BCUT2D eigenvalue weighted by Gasteiger charge is 2.15. The van der Waals surface area contributed by atoms with Crippen LogP contribution in [0.5, 0.6) is 5.75 Å². The average Bonchev–Trinajstić information content (AvgIpc) is 2.63. The van der Waals surface area contributed by atoms with Gasteiger partial charge in [-0.1, -0.05) is 18.2 Å². The van der Waals surface area contributed by atoms with Crippen LogP contribution in [0.2, 0.25) is 0 Å². The van der Waals surface area contributed by atoms with Crippen molar-refractivity contribution >= 4 is 28.0 Å². The normalized spacial score (nSPS) is 11.3. The monoisotopic (exact) mass is 337 g/mol. The minimum atomic E-state index is -0.721. The largest absolute Gasteiger partial charge is 0.505 e. The van der Waals surface area contributed by atoms with E-state index in [0.29, 0.717) is 16.7 Å². The molecule has 0 saturated heterocycles. The lowest BCUT2D eigenvalue weighted by Crippen LogP contribution is -2.21. The van der Waals surface area contributed by atoms with Crippen LogP contribution in [0.1, 0.15) is 13.8 Å². The lowest BCUT2D eigenvalue weighted by atomic mass is 10.1. The number of hydrogen-bond donors (Lipinski definition) is 1. The summed E-state index contributed by atoms with van der Waals surface area (Å²) >= 11 is 0. The second-order valence-corrected chi connectivity index (χ2v) is 5.48. The highest BCUT2D eigenvalue weighted by molar-refractivity contribution is 5.89. The van der Waals surface area contributed by atoms with Crippen molar-refractivity contribution in [3.05, 3.63) is 59.0 Å². The maximum absolute atomic E-state index is 12.2. The minimum Gasteiger partial charge on any atom is -0.505 e. The molecule has 2 aromatic carbocycles. The van der Waals surface area contributed by atoms with E-state index >= 15 is 0 Å². The Labute approximate surface area is 145 Å². The fourth-order valence-electron chi connectivity index (χ4n) is 2.64. The molecule has 0 atom stereocenters. The van der Waals surface area contributed by atoms with Crippen molar-refractivity contribution in [3.8, 4) is 5.75 Å². The van der Waals surface area contributed by atoms with Gasteiger partial charge in [-0.2, -0.15) is 5.11 Å². The van der Waals surface area contributed by atoms with Gasteiger partial charge in [-0.25, -0.2) is 4.79 Å². The third-order valence-electron chi connectivity index (χ3n) is 3.99. The molecule has 0 unspecified atom stereocenters. The molecule has 3 rings (SSSR count). The van der Waals surface area contributed by atoms with Crippen molar-refractivity contribution in [3.63, 3.8) is 0 Å². The Hall–Kier alpha value is -3.15. The van der Waals surface area contributed by atoms with E-state index in [1.165, 1.54) is 0 Å². The van der Waals surface area contributed by atoms with Gasteiger partial charge in [0.05, 0.1) is 11.1 Å². The van der Waals surface area contributed by atoms with E-state index in [1.54, 1.807) is 24.3 Å². The van der Waals surface area contributed by atoms with Crippen molar-refractivity contribution in [1.82, 2.24) is 0 Å². The van der Waals surface area contributed by atoms with Crippen LogP contribution in [-0.2, 0) is 0 Å². The van der Waals surface area contributed by atoms with Crippen LogP contribution >= 0.6 is 0 Å². The smallest absolute Gasteiger partial charge is 0.368 e. The van der Waals surface area contributed by atoms with Gasteiger partial charge in [0.25, 0.3) is 0 Å². The van der Waals surface area contributed by atoms with E-state index in [2.05, 4.69) is 29.0 Å². The molecule has 6 heteroatoms. The summed E-state index contributed by atoms with van der Waals surface area (Å²) in [4.78, 5) is 14.3. The van der Waals surface area contributed by atoms with Gasteiger partial charge in [-0.05, 0) is 38.1 Å². The van der Waals surface area contributed by atoms with Gasteiger partial charge < -0.3 is 14.4 Å². The number of nitrogens with zero attached hydrogens (tertiary/aromatic N) is 3. The highest BCUT2D eigenvalue weighted by Crippen LogP contribution is 2.34. The van der Waals surface area contributed by atoms with E-state index in [0.717, 1.165) is 18.8 Å². The quantitative estimate of drug-likeness (QED) is 0.538. The first-order valence-corrected chi connectivity index (χ1v) is 8.15. The van der Waals surface area contributed by atoms with E-state index in [-0.39, 0.29) is 11.4 Å². The molecular formula is C19H19N3O3. The van der Waals surface area contributed by atoms with E-state index in [9.17, 15) is 9.90 Å². The highest BCUT2D eigenvalue weighted by atomic mass is 16.4. The summed E-state index contributed by atoms with van der Waals surface area (Å²) in [7, 11) is 0. The maximum Gasteiger partial charge on any atom is 0.368 e. The molecule has 0 aliphatic rings. The van der Waals surface area contributed by atoms with E-state index < -0.39 is 5.63 Å². The van der Waals surface area contributed by atoms with Crippen LogP contribution in [0.4, 0.5) is 17.1 Å². The predicted molar refractivity (Wildman–Crippen MR) is 98.3 cm³/mol. The molecule has 1 aromatic heterocycles. The lowest BCUT2D eigenvalue weighted by molar-refractivity contribution is 0.469. The van der Waals surface area contributed by atoms with Gasteiger partial charge in [-0.3, -0.25) is 0 Å². The molecule has 0 aliphatic heterocycles. The van der Waals surface area contributed by atoms with Gasteiger partial charge in [0.15, 0.2) is 5.75 Å². The molecule has 0 bridgehead atoms. The molecule has 0 aliphatic carbocycles. The van der Waals surface area contributed by atoms with Crippen molar-refractivity contribution in [1.29, 1.82) is 0 Å². The molecule has 6 nitrogen and oxygen atoms in total. The lowest BCUT2D eigenvalue weighted by Gasteiger charge is -2.21. The second kappa shape index (κ2) is 7.17. The molecule has 0 spiro atoms. The molecule has 128 valence electrons. The van der Waals surface area contributed by atoms with Gasteiger partial charge in [0, 0.05) is 24.8 Å². The van der Waals surface area contributed by atoms with Gasteiger partial charge >= 0.3 is 5.63 Å². The van der Waals surface area contributed by atoms with Crippen LogP contribution in [0.25, 0.3) is 11.0 Å². The number of fused-ring (bicyclic) bond motifs is 1. The summed E-state index contributed by atoms with van der Waals surface area (Å²) in [5.74, 6) is -0.225. The van der Waals surface area contributed by atoms with Crippen LogP contribution in [0, 0.1) is 0 Å². The van der Waals surface area contributed by atoms with Gasteiger partial charge in [0.2, 0.25) is 5.69 Å². The molecule has 0 fully saturated rings. The molecule has 3 aromatic rings. The van der Waals surface area contributed by atoms with Crippen LogP contribution < -0.4 is 10.5 Å². The van der Waals surface area contributed by atoms with Crippen LogP contribution in [-0.4, -0.2) is 18.2 Å². The van der Waals surface area contributed by atoms with Crippen LogP contribution in [0.3, 0.4) is 0 Å². The fourth-order valence-corrected chi connectivity index (χ4v) is 2.64. The molecule has 0 amide bonds. The Morgan fingerprint density at radius 2 is 1.76 bits per heavy atom. The summed E-state index contributed by atoms with van der Waals surface area (Å²) < 4.78 is 5.35. The van der Waals surface area contributed by atoms with Crippen molar-refractivity contribution in [2.45, 2.75) is 13.8 Å². The van der Waals surface area contributed by atoms with Crippen molar-refractivity contribution in [2.24, 2.45) is 10.2 Å². The topological polar surface area (TPSA) is 78.4 Å². The average molecular weight is 337 g/mol. The molecule has 25 heavy (non-hydrogen) atoms. The third-order valence-corrected chi connectivity index (χ3v) is 3.99. The first-order valence-electron chi connectivity index (χ1n) is 8.15. The zero-order valence-corrected chi connectivity index (χ0v) is 14.1. The Bertz CT molecular complexity index is 961. The third kappa shape index (κ3) is 3.38. The molecule has 0 saturated carbocycles. The Morgan fingerprint density at radius 1 is 1.04 bits per heavy atom. The van der Waals surface area contributed by atoms with Crippen LogP contribution in [0.15, 0.2) is 68.0 Å². The first kappa shape index (κ1) is 16.7. The number of anilines is 1. The van der Waals surface area contributed by atoms with Gasteiger partial charge in [0.1, 0.15) is 5.58 Å². The van der Waals surface area contributed by atoms with Crippen molar-refractivity contribution in [2.75, 3.05) is 18.0 Å². The molecular weight excluding hydrogens is 318 g/mol. The summed E-state index contributed by atoms with van der Waals surface area (Å²) in [6.07, 6.45) is 0. The minimum absolute atomic E-state index is 0.202. The van der Waals surface area contributed by atoms with Gasteiger partial charge in [-0.15, -0.1) is 5.11 Å². The molecule has 1 N–H and O–H groups in total. The Morgan fingerprint density at radius 3 is 2.44 bits per heavy atom. The fraction of sp³-hybridized carbons (Fsp3) is 0.211. The number of aromatic hydroxyl groups is 1. The number of rotatable bonds is 5. The standard InChI is InChI=1S/C19H19N3O3/c1-3-22(4-2)14-10-11-15-16(12-14)25-19(24)17(18(15)23)21-20-13-8-6-5-7-9-13/h5-12,23H,3-4H2,1-2H3. The Kier molecular flexibility index (Phi) is 4.79. The summed E-state index contributed by atoms with van der Waals surface area (Å²) in [5.41, 5.74) is 0.913. The SMILES string of the molecule is CCN(CC)c1ccc2c(O)c(N=Nc3ccccc3)c(=O)oc2c1. The Balaban J connectivity index is 2.06. The van der Waals surface area contributed by atoms with Crippen molar-refractivity contribution < 1.29 is 9.52 Å². The summed E-state index contributed by atoms with van der Waals surface area (Å²) in [5, 5.41) is 18.7. The number of hydrogen-bond acceptors (Lipinski definition) is 6. The first-order chi connectivity index (χ1) is 12.1. The predicted octanol–water partition coefficient (Wildman–Crippen LogP) is 4.76. The van der Waals surface area contributed by atoms with E-state index in [1.807, 2.05) is 24.3 Å². The maximum atomic E-state index is 12.2. The zero-order chi connectivity index (χ0) is 17.8. The second-order valence-electron chi connectivity index (χ2n) is 5.48. The number of benzene rings is 2.